The largest absolute Gasteiger partial charge is 0.467 e. The number of benzene rings is 1. The molecule has 4 aliphatic rings. The lowest BCUT2D eigenvalue weighted by molar-refractivity contribution is 0.217. The number of anilines is 2. The van der Waals surface area contributed by atoms with Crippen molar-refractivity contribution in [2.24, 2.45) is 5.92 Å². The van der Waals surface area contributed by atoms with Crippen molar-refractivity contribution in [1.29, 1.82) is 10.5 Å². The molecule has 0 amide bonds. The summed E-state index contributed by atoms with van der Waals surface area (Å²) in [6, 6.07) is 8.98. The van der Waals surface area contributed by atoms with Crippen LogP contribution in [0.5, 0.6) is 6.01 Å². The third kappa shape index (κ3) is 5.57. The molecule has 2 N–H and O–H groups in total. The third-order valence-electron chi connectivity index (χ3n) is 9.74. The van der Waals surface area contributed by atoms with Gasteiger partial charge < -0.3 is 15.4 Å². The molecular weight excluding hydrogens is 517 g/mol. The van der Waals surface area contributed by atoms with Gasteiger partial charge in [0.05, 0.1) is 30.4 Å². The molecule has 1 aromatic heterocycles. The Morgan fingerprint density at radius 3 is 2.68 bits per heavy atom. The van der Waals surface area contributed by atoms with Crippen LogP contribution >= 0.6 is 0 Å². The summed E-state index contributed by atoms with van der Waals surface area (Å²) in [5.41, 5.74) is 12.0. The Hall–Kier alpha value is -3.43. The van der Waals surface area contributed by atoms with Crippen molar-refractivity contribution >= 4 is 11.5 Å². The molecule has 0 spiro atoms. The smallest absolute Gasteiger partial charge is 0.318 e. The lowest BCUT2D eigenvalue weighted by Gasteiger charge is -2.39. The van der Waals surface area contributed by atoms with Gasteiger partial charge in [0.15, 0.2) is 0 Å². The summed E-state index contributed by atoms with van der Waals surface area (Å²) >= 11 is 0. The Morgan fingerprint density at radius 2 is 2.02 bits per heavy atom. The molecule has 3 unspecified atom stereocenters. The normalized spacial score (nSPS) is 26.1. The molecule has 8 nitrogen and oxygen atoms in total. The second-order valence-corrected chi connectivity index (χ2v) is 12.4. The summed E-state index contributed by atoms with van der Waals surface area (Å²) in [4.78, 5) is 13.7. The quantitative estimate of drug-likeness (QED) is 0.493. The highest BCUT2D eigenvalue weighted by Gasteiger charge is 2.44. The van der Waals surface area contributed by atoms with Crippen molar-refractivity contribution in [2.75, 3.05) is 43.9 Å². The van der Waals surface area contributed by atoms with E-state index in [1.165, 1.54) is 18.4 Å². The monoisotopic (exact) mass is 559 g/mol. The molecule has 3 aliphatic heterocycles. The zero-order chi connectivity index (χ0) is 29.3. The van der Waals surface area contributed by atoms with Gasteiger partial charge in [-0.1, -0.05) is 19.9 Å². The molecule has 41 heavy (non-hydrogen) atoms. The van der Waals surface area contributed by atoms with Crippen molar-refractivity contribution in [3.8, 4) is 18.1 Å². The first kappa shape index (κ1) is 29.1. The number of hydrogen-bond acceptors (Lipinski definition) is 8. The molecule has 1 aromatic carbocycles. The zero-order valence-corrected chi connectivity index (χ0v) is 24.8. The maximum Gasteiger partial charge on any atom is 0.318 e. The number of hydrogen-bond donors (Lipinski definition) is 1. The van der Waals surface area contributed by atoms with Gasteiger partial charge in [-0.15, -0.1) is 0 Å². The van der Waals surface area contributed by atoms with Gasteiger partial charge >= 0.3 is 6.01 Å². The predicted octanol–water partition coefficient (Wildman–Crippen LogP) is 5.27. The van der Waals surface area contributed by atoms with Crippen LogP contribution in [0.2, 0.25) is 0 Å². The van der Waals surface area contributed by atoms with Crippen LogP contribution in [0, 0.1) is 28.6 Å². The average Bonchev–Trinajstić information content (AvgIpc) is 3.44. The van der Waals surface area contributed by atoms with E-state index in [9.17, 15) is 9.65 Å². The SMILES string of the molecule is CC12CCCN1CC(F)C2.CC[C@H](C)c1ccc(N)c(C#N)c1C1CCc2c(nc(OC)nc2N2CC(C#N)C2)C1. The molecule has 1 aliphatic carbocycles. The van der Waals surface area contributed by atoms with Gasteiger partial charge in [-0.2, -0.15) is 20.5 Å². The van der Waals surface area contributed by atoms with Gasteiger partial charge in [0, 0.05) is 36.4 Å². The Morgan fingerprint density at radius 1 is 1.24 bits per heavy atom. The maximum absolute atomic E-state index is 12.8. The van der Waals surface area contributed by atoms with Crippen molar-refractivity contribution < 1.29 is 9.13 Å². The van der Waals surface area contributed by atoms with E-state index in [1.807, 2.05) is 6.07 Å². The van der Waals surface area contributed by atoms with Crippen molar-refractivity contribution in [3.63, 3.8) is 0 Å². The van der Waals surface area contributed by atoms with Crippen LogP contribution < -0.4 is 15.4 Å². The van der Waals surface area contributed by atoms with E-state index in [0.29, 0.717) is 42.8 Å². The van der Waals surface area contributed by atoms with Gasteiger partial charge in [-0.25, -0.2) is 4.39 Å². The number of fused-ring (bicyclic) bond motifs is 2. The predicted molar refractivity (Wildman–Crippen MR) is 158 cm³/mol. The number of nitrogens with zero attached hydrogens (tertiary/aromatic N) is 6. The molecule has 0 radical (unpaired) electrons. The van der Waals surface area contributed by atoms with E-state index in [4.69, 9.17) is 15.7 Å². The topological polar surface area (TPSA) is 115 Å². The number of nitrogen functional groups attached to an aromatic ring is 1. The summed E-state index contributed by atoms with van der Waals surface area (Å²) in [6.45, 7) is 9.76. The number of nitriles is 2. The van der Waals surface area contributed by atoms with Gasteiger partial charge in [-0.3, -0.25) is 4.90 Å². The van der Waals surface area contributed by atoms with E-state index >= 15 is 0 Å². The number of ether oxygens (including phenoxy) is 1. The fourth-order valence-electron chi connectivity index (χ4n) is 7.18. The molecule has 4 heterocycles. The second kappa shape index (κ2) is 11.8. The van der Waals surface area contributed by atoms with E-state index in [0.717, 1.165) is 61.3 Å². The molecule has 6 rings (SSSR count). The number of halogens is 1. The summed E-state index contributed by atoms with van der Waals surface area (Å²) in [5.74, 6) is 1.47. The Labute approximate surface area is 243 Å². The molecule has 9 heteroatoms. The third-order valence-corrected chi connectivity index (χ3v) is 9.74. The summed E-state index contributed by atoms with van der Waals surface area (Å²) in [6.07, 6.45) is 6.15. The average molecular weight is 560 g/mol. The highest BCUT2D eigenvalue weighted by Crippen LogP contribution is 2.43. The summed E-state index contributed by atoms with van der Waals surface area (Å²) in [5, 5.41) is 19.0. The van der Waals surface area contributed by atoms with E-state index in [1.54, 1.807) is 7.11 Å². The van der Waals surface area contributed by atoms with Gasteiger partial charge in [0.1, 0.15) is 18.1 Å². The molecule has 4 atom stereocenters. The molecule has 0 saturated carbocycles. The van der Waals surface area contributed by atoms with Crippen molar-refractivity contribution in [3.05, 3.63) is 40.1 Å². The first-order valence-corrected chi connectivity index (χ1v) is 15.0. The standard InChI is InChI=1S/C24H28N6O.C8H14FN/c1-4-14(2)17-7-8-20(27)19(11-26)22(17)16-5-6-18-21(9-16)28-24(31-3)29-23(18)30-12-15(10-25)13-30;1-8-3-2-4-10(8)6-7(9)5-8/h7-8,14-16H,4-6,9,12-13,27H2,1-3H3;7H,2-6H2,1H3/t14-,16?;/m0./s1. The number of rotatable bonds is 5. The van der Waals surface area contributed by atoms with Crippen LogP contribution in [0.25, 0.3) is 0 Å². The first-order chi connectivity index (χ1) is 19.7. The van der Waals surface area contributed by atoms with Crippen molar-refractivity contribution in [2.45, 2.75) is 89.3 Å². The molecule has 218 valence electrons. The first-order valence-electron chi connectivity index (χ1n) is 15.0. The Bertz CT molecular complexity index is 1360. The minimum Gasteiger partial charge on any atom is -0.467 e. The molecule has 2 aromatic rings. The second-order valence-electron chi connectivity index (χ2n) is 12.4. The highest BCUT2D eigenvalue weighted by molar-refractivity contribution is 5.63. The Balaban J connectivity index is 0.000000282. The van der Waals surface area contributed by atoms with Crippen LogP contribution in [0.15, 0.2) is 12.1 Å². The molecule has 3 saturated heterocycles. The minimum absolute atomic E-state index is 0.0523. The van der Waals surface area contributed by atoms with Crippen LogP contribution in [-0.2, 0) is 12.8 Å². The fraction of sp³-hybridized carbons (Fsp3) is 0.625. The number of methoxy groups -OCH3 is 1. The highest BCUT2D eigenvalue weighted by atomic mass is 19.1. The molecule has 3 fully saturated rings. The van der Waals surface area contributed by atoms with Gasteiger partial charge in [0.25, 0.3) is 0 Å². The lowest BCUT2D eigenvalue weighted by atomic mass is 9.76. The van der Waals surface area contributed by atoms with Crippen LogP contribution in [0.1, 0.15) is 92.7 Å². The van der Waals surface area contributed by atoms with Crippen LogP contribution in [-0.4, -0.2) is 59.9 Å². The number of alkyl halides is 1. The van der Waals surface area contributed by atoms with E-state index < -0.39 is 6.17 Å². The minimum atomic E-state index is -0.551. The number of nitrogens with two attached hydrogens (primary N) is 1. The maximum atomic E-state index is 12.8. The number of aromatic nitrogens is 2. The Kier molecular flexibility index (Phi) is 8.38. The molecular formula is C32H42FN7O. The summed E-state index contributed by atoms with van der Waals surface area (Å²) in [7, 11) is 1.58. The molecule has 0 bridgehead atoms. The zero-order valence-electron chi connectivity index (χ0n) is 24.8. The van der Waals surface area contributed by atoms with E-state index in [2.05, 4.69) is 58.7 Å². The van der Waals surface area contributed by atoms with Crippen LogP contribution in [0.4, 0.5) is 15.9 Å². The fourth-order valence-corrected chi connectivity index (χ4v) is 7.18. The van der Waals surface area contributed by atoms with Gasteiger partial charge in [-0.05, 0) is 87.4 Å². The lowest BCUT2D eigenvalue weighted by Crippen LogP contribution is -2.47. The van der Waals surface area contributed by atoms with Gasteiger partial charge in [0.2, 0.25) is 0 Å². The van der Waals surface area contributed by atoms with Crippen molar-refractivity contribution in [1.82, 2.24) is 14.9 Å². The summed E-state index contributed by atoms with van der Waals surface area (Å²) < 4.78 is 18.2. The van der Waals surface area contributed by atoms with Crippen LogP contribution in [0.3, 0.4) is 0 Å². The van der Waals surface area contributed by atoms with E-state index in [-0.39, 0.29) is 17.4 Å².